The lowest BCUT2D eigenvalue weighted by Gasteiger charge is -2.06. The Morgan fingerprint density at radius 3 is 2.42 bits per heavy atom. The predicted octanol–water partition coefficient (Wildman–Crippen LogP) is 2.97. The zero-order valence-corrected chi connectivity index (χ0v) is 14.1. The third-order valence-electron chi connectivity index (χ3n) is 3.55. The molecular weight excluding hydrogens is 306 g/mol. The van der Waals surface area contributed by atoms with E-state index >= 15 is 0 Å². The van der Waals surface area contributed by atoms with Gasteiger partial charge in [0.15, 0.2) is 5.82 Å². The zero-order valence-electron chi connectivity index (χ0n) is 14.1. The van der Waals surface area contributed by atoms with Crippen molar-refractivity contribution >= 4 is 0 Å². The number of rotatable bonds is 7. The van der Waals surface area contributed by atoms with Crippen LogP contribution in [0.5, 0.6) is 11.5 Å². The molecule has 2 aromatic heterocycles. The van der Waals surface area contributed by atoms with E-state index in [1.807, 2.05) is 48.9 Å². The van der Waals surface area contributed by atoms with Gasteiger partial charge in [0.2, 0.25) is 5.82 Å². The Morgan fingerprint density at radius 2 is 1.79 bits per heavy atom. The standard InChI is InChI=1S/C17H21N5O2/c1-4-22-12(3)10-15(21-22)17-18-16(19-20-17)11-24-14-8-6-13(7-9-14)23-5-2/h6-10H,4-5,11H2,1-3H3,(H,18,19,20). The minimum Gasteiger partial charge on any atom is -0.494 e. The Labute approximate surface area is 140 Å². The van der Waals surface area contributed by atoms with Gasteiger partial charge < -0.3 is 9.47 Å². The first kappa shape index (κ1) is 16.0. The molecule has 3 rings (SSSR count). The first-order valence-electron chi connectivity index (χ1n) is 8.01. The maximum atomic E-state index is 5.71. The fraction of sp³-hybridized carbons (Fsp3) is 0.353. The molecule has 0 spiro atoms. The average Bonchev–Trinajstić information content (AvgIpc) is 3.21. The number of aromatic amines is 1. The van der Waals surface area contributed by atoms with Gasteiger partial charge in [0.25, 0.3) is 0 Å². The van der Waals surface area contributed by atoms with Gasteiger partial charge in [0.1, 0.15) is 23.8 Å². The van der Waals surface area contributed by atoms with Gasteiger partial charge in [-0.15, -0.1) is 0 Å². The van der Waals surface area contributed by atoms with Gasteiger partial charge in [-0.1, -0.05) is 0 Å². The van der Waals surface area contributed by atoms with E-state index in [0.29, 0.717) is 24.9 Å². The van der Waals surface area contributed by atoms with Crippen LogP contribution >= 0.6 is 0 Å². The number of nitrogens with one attached hydrogen (secondary N) is 1. The molecule has 0 atom stereocenters. The maximum Gasteiger partial charge on any atom is 0.201 e. The molecule has 7 nitrogen and oxygen atoms in total. The van der Waals surface area contributed by atoms with Crippen molar-refractivity contribution in [2.75, 3.05) is 6.61 Å². The molecule has 0 radical (unpaired) electrons. The molecule has 3 aromatic rings. The molecule has 7 heteroatoms. The quantitative estimate of drug-likeness (QED) is 0.722. The van der Waals surface area contributed by atoms with Crippen LogP contribution in [-0.2, 0) is 13.2 Å². The highest BCUT2D eigenvalue weighted by Crippen LogP contribution is 2.19. The lowest BCUT2D eigenvalue weighted by Crippen LogP contribution is -1.99. The van der Waals surface area contributed by atoms with Crippen molar-refractivity contribution in [1.82, 2.24) is 25.0 Å². The molecule has 1 aromatic carbocycles. The van der Waals surface area contributed by atoms with Crippen molar-refractivity contribution in [2.24, 2.45) is 0 Å². The van der Waals surface area contributed by atoms with Crippen LogP contribution in [0.3, 0.4) is 0 Å². The van der Waals surface area contributed by atoms with E-state index in [9.17, 15) is 0 Å². The summed E-state index contributed by atoms with van der Waals surface area (Å²) in [6.45, 7) is 7.81. The Morgan fingerprint density at radius 1 is 1.08 bits per heavy atom. The first-order chi connectivity index (χ1) is 11.7. The summed E-state index contributed by atoms with van der Waals surface area (Å²) < 4.78 is 13.0. The van der Waals surface area contributed by atoms with E-state index in [0.717, 1.165) is 29.4 Å². The van der Waals surface area contributed by atoms with Gasteiger partial charge in [0, 0.05) is 12.2 Å². The topological polar surface area (TPSA) is 77.8 Å². The molecule has 0 aliphatic carbocycles. The lowest BCUT2D eigenvalue weighted by atomic mass is 10.3. The van der Waals surface area contributed by atoms with Crippen molar-refractivity contribution in [2.45, 2.75) is 33.9 Å². The smallest absolute Gasteiger partial charge is 0.201 e. The highest BCUT2D eigenvalue weighted by atomic mass is 16.5. The minimum atomic E-state index is 0.314. The van der Waals surface area contributed by atoms with Crippen molar-refractivity contribution in [3.8, 4) is 23.0 Å². The highest BCUT2D eigenvalue weighted by molar-refractivity contribution is 5.48. The van der Waals surface area contributed by atoms with Gasteiger partial charge in [-0.25, -0.2) is 4.98 Å². The largest absolute Gasteiger partial charge is 0.494 e. The second-order valence-electron chi connectivity index (χ2n) is 5.29. The normalized spacial score (nSPS) is 10.8. The molecular formula is C17H21N5O2. The van der Waals surface area contributed by atoms with Crippen LogP contribution in [0.15, 0.2) is 30.3 Å². The summed E-state index contributed by atoms with van der Waals surface area (Å²) in [7, 11) is 0. The van der Waals surface area contributed by atoms with E-state index in [-0.39, 0.29) is 0 Å². The SMILES string of the molecule is CCOc1ccc(OCc2nc(-c3cc(C)n(CC)n3)n[nH]2)cc1. The molecule has 0 aliphatic heterocycles. The average molecular weight is 327 g/mol. The molecule has 0 aliphatic rings. The van der Waals surface area contributed by atoms with Crippen LogP contribution in [-0.4, -0.2) is 31.6 Å². The van der Waals surface area contributed by atoms with Crippen molar-refractivity contribution < 1.29 is 9.47 Å². The third kappa shape index (κ3) is 3.56. The Bertz CT molecular complexity index is 792. The van der Waals surface area contributed by atoms with Gasteiger partial charge in [0.05, 0.1) is 6.61 Å². The summed E-state index contributed by atoms with van der Waals surface area (Å²) in [5.74, 6) is 2.81. The molecule has 126 valence electrons. The minimum absolute atomic E-state index is 0.314. The monoisotopic (exact) mass is 327 g/mol. The van der Waals surface area contributed by atoms with Gasteiger partial charge in [-0.3, -0.25) is 9.78 Å². The molecule has 0 saturated carbocycles. The highest BCUT2D eigenvalue weighted by Gasteiger charge is 2.11. The van der Waals surface area contributed by atoms with Crippen LogP contribution < -0.4 is 9.47 Å². The molecule has 1 N–H and O–H groups in total. The predicted molar refractivity (Wildman–Crippen MR) is 90.0 cm³/mol. The van der Waals surface area contributed by atoms with Crippen molar-refractivity contribution in [3.05, 3.63) is 41.9 Å². The van der Waals surface area contributed by atoms with Gasteiger partial charge in [-0.2, -0.15) is 10.2 Å². The van der Waals surface area contributed by atoms with Gasteiger partial charge in [-0.05, 0) is 51.1 Å². The second kappa shape index (κ2) is 7.16. The molecule has 0 saturated heterocycles. The summed E-state index contributed by atoms with van der Waals surface area (Å²) in [6, 6.07) is 9.47. The Kier molecular flexibility index (Phi) is 4.79. The molecule has 2 heterocycles. The first-order valence-corrected chi connectivity index (χ1v) is 8.01. The van der Waals surface area contributed by atoms with E-state index in [1.165, 1.54) is 0 Å². The summed E-state index contributed by atoms with van der Waals surface area (Å²) in [4.78, 5) is 4.44. The number of aryl methyl sites for hydroxylation is 2. The number of ether oxygens (including phenoxy) is 2. The second-order valence-corrected chi connectivity index (χ2v) is 5.29. The van der Waals surface area contributed by atoms with E-state index < -0.39 is 0 Å². The molecule has 0 amide bonds. The zero-order chi connectivity index (χ0) is 16.9. The molecule has 24 heavy (non-hydrogen) atoms. The summed E-state index contributed by atoms with van der Waals surface area (Å²) >= 11 is 0. The summed E-state index contributed by atoms with van der Waals surface area (Å²) in [5.41, 5.74) is 1.85. The van der Waals surface area contributed by atoms with E-state index in [2.05, 4.69) is 27.2 Å². The van der Waals surface area contributed by atoms with Crippen LogP contribution in [0.4, 0.5) is 0 Å². The fourth-order valence-corrected chi connectivity index (χ4v) is 2.36. The fourth-order valence-electron chi connectivity index (χ4n) is 2.36. The molecule has 0 fully saturated rings. The number of nitrogens with zero attached hydrogens (tertiary/aromatic N) is 4. The number of hydrogen-bond acceptors (Lipinski definition) is 5. The maximum absolute atomic E-state index is 5.71. The summed E-state index contributed by atoms with van der Waals surface area (Å²) in [5, 5.41) is 11.6. The third-order valence-corrected chi connectivity index (χ3v) is 3.55. The number of H-pyrrole nitrogens is 1. The van der Waals surface area contributed by atoms with E-state index in [1.54, 1.807) is 0 Å². The molecule has 0 bridgehead atoms. The van der Waals surface area contributed by atoms with Crippen LogP contribution in [0, 0.1) is 6.92 Å². The summed E-state index contributed by atoms with van der Waals surface area (Å²) in [6.07, 6.45) is 0. The van der Waals surface area contributed by atoms with Crippen molar-refractivity contribution in [3.63, 3.8) is 0 Å². The lowest BCUT2D eigenvalue weighted by molar-refractivity contribution is 0.294. The Hall–Kier alpha value is -2.83. The van der Waals surface area contributed by atoms with E-state index in [4.69, 9.17) is 9.47 Å². The number of hydrogen-bond donors (Lipinski definition) is 1. The van der Waals surface area contributed by atoms with Gasteiger partial charge >= 0.3 is 0 Å². The number of aromatic nitrogens is 5. The van der Waals surface area contributed by atoms with Crippen LogP contribution in [0.25, 0.3) is 11.5 Å². The number of benzene rings is 1. The molecule has 0 unspecified atom stereocenters. The van der Waals surface area contributed by atoms with Crippen LogP contribution in [0.2, 0.25) is 0 Å². The Balaban J connectivity index is 1.63. The van der Waals surface area contributed by atoms with Crippen molar-refractivity contribution in [1.29, 1.82) is 0 Å². The van der Waals surface area contributed by atoms with Crippen LogP contribution in [0.1, 0.15) is 25.4 Å².